The van der Waals surface area contributed by atoms with Crippen LogP contribution in [0.25, 0.3) is 0 Å². The molecule has 0 aromatic heterocycles. The molecule has 1 saturated carbocycles. The molecule has 1 aliphatic carbocycles. The smallest absolute Gasteiger partial charge is 0.316 e. The Morgan fingerprint density at radius 1 is 1.04 bits per heavy atom. The third kappa shape index (κ3) is 4.33. The van der Waals surface area contributed by atoms with Crippen LogP contribution in [-0.4, -0.2) is 63.5 Å². The Hall–Kier alpha value is -1.50. The third-order valence-electron chi connectivity index (χ3n) is 5.69. The van der Waals surface area contributed by atoms with Crippen molar-refractivity contribution in [2.45, 2.75) is 31.1 Å². The second-order valence-corrected chi connectivity index (χ2v) is 7.24. The highest BCUT2D eigenvalue weighted by Gasteiger charge is 2.44. The normalized spacial score (nSPS) is 21.3. The van der Waals surface area contributed by atoms with E-state index in [1.54, 1.807) is 0 Å². The van der Waals surface area contributed by atoms with Gasteiger partial charge in [-0.2, -0.15) is 0 Å². The van der Waals surface area contributed by atoms with E-state index in [0.29, 0.717) is 19.8 Å². The van der Waals surface area contributed by atoms with Crippen LogP contribution < -0.4 is 9.47 Å². The molecule has 1 aromatic carbocycles. The van der Waals surface area contributed by atoms with Crippen molar-refractivity contribution in [2.24, 2.45) is 0 Å². The van der Waals surface area contributed by atoms with E-state index in [1.165, 1.54) is 0 Å². The second kappa shape index (κ2) is 9.13. The first kappa shape index (κ1) is 20.2. The molecule has 2 aliphatic heterocycles. The van der Waals surface area contributed by atoms with Gasteiger partial charge >= 0.3 is 5.97 Å². The lowest BCUT2D eigenvalue weighted by Gasteiger charge is -2.30. The van der Waals surface area contributed by atoms with Gasteiger partial charge in [-0.25, -0.2) is 0 Å². The molecule has 0 atom stereocenters. The number of benzene rings is 1. The first-order chi connectivity index (χ1) is 12.8. The van der Waals surface area contributed by atoms with E-state index in [-0.39, 0.29) is 18.4 Å². The summed E-state index contributed by atoms with van der Waals surface area (Å²) in [6.07, 6.45) is 3.77. The van der Waals surface area contributed by atoms with Crippen LogP contribution in [0.1, 0.15) is 31.2 Å². The lowest BCUT2D eigenvalue weighted by Crippen LogP contribution is -2.40. The summed E-state index contributed by atoms with van der Waals surface area (Å²) in [7, 11) is 0. The number of hydrogen-bond donors (Lipinski definition) is 0. The van der Waals surface area contributed by atoms with Crippen LogP contribution in [0.4, 0.5) is 0 Å². The first-order valence-electron chi connectivity index (χ1n) is 9.65. The Bertz CT molecular complexity index is 641. The van der Waals surface area contributed by atoms with Crippen molar-refractivity contribution in [2.75, 3.05) is 52.7 Å². The van der Waals surface area contributed by atoms with Gasteiger partial charge in [0, 0.05) is 19.6 Å². The number of carbonyl (C=O) groups is 1. The predicted octanol–water partition coefficient (Wildman–Crippen LogP) is 2.57. The van der Waals surface area contributed by atoms with Crippen molar-refractivity contribution in [1.82, 2.24) is 4.90 Å². The maximum Gasteiger partial charge on any atom is 0.316 e. The van der Waals surface area contributed by atoms with Gasteiger partial charge in [-0.05, 0) is 30.5 Å². The van der Waals surface area contributed by atoms with Crippen molar-refractivity contribution in [3.8, 4) is 11.5 Å². The minimum Gasteiger partial charge on any atom is -0.486 e. The average Bonchev–Trinajstić information content (AvgIpc) is 3.19. The summed E-state index contributed by atoms with van der Waals surface area (Å²) < 4.78 is 22.4. The minimum atomic E-state index is -0.541. The third-order valence-corrected chi connectivity index (χ3v) is 5.69. The number of nitrogens with zero attached hydrogens (tertiary/aromatic N) is 1. The lowest BCUT2D eigenvalue weighted by molar-refractivity contribution is -0.151. The van der Waals surface area contributed by atoms with E-state index in [4.69, 9.17) is 18.9 Å². The Morgan fingerprint density at radius 3 is 2.48 bits per heavy atom. The molecule has 0 N–H and O–H groups in total. The van der Waals surface area contributed by atoms with E-state index in [1.807, 2.05) is 18.2 Å². The van der Waals surface area contributed by atoms with Crippen molar-refractivity contribution < 1.29 is 23.7 Å². The van der Waals surface area contributed by atoms with Gasteiger partial charge in [0.2, 0.25) is 0 Å². The van der Waals surface area contributed by atoms with E-state index < -0.39 is 5.41 Å². The molecule has 0 radical (unpaired) electrons. The zero-order valence-corrected chi connectivity index (χ0v) is 16.4. The number of halogens is 1. The number of esters is 1. The van der Waals surface area contributed by atoms with Crippen molar-refractivity contribution in [3.63, 3.8) is 0 Å². The van der Waals surface area contributed by atoms with Crippen molar-refractivity contribution in [1.29, 1.82) is 0 Å². The molecule has 2 fully saturated rings. The van der Waals surface area contributed by atoms with Crippen LogP contribution >= 0.6 is 12.4 Å². The molecule has 150 valence electrons. The maximum absolute atomic E-state index is 13.0. The summed E-state index contributed by atoms with van der Waals surface area (Å²) in [4.78, 5) is 15.3. The van der Waals surface area contributed by atoms with Gasteiger partial charge in [-0.3, -0.25) is 9.69 Å². The van der Waals surface area contributed by atoms with Crippen molar-refractivity contribution in [3.05, 3.63) is 23.8 Å². The van der Waals surface area contributed by atoms with Gasteiger partial charge in [0.05, 0.1) is 18.6 Å². The molecular weight excluding hydrogens is 370 g/mol. The van der Waals surface area contributed by atoms with Crippen LogP contribution in [-0.2, 0) is 19.7 Å². The molecule has 0 spiro atoms. The molecule has 27 heavy (non-hydrogen) atoms. The average molecular weight is 398 g/mol. The van der Waals surface area contributed by atoms with E-state index in [9.17, 15) is 4.79 Å². The summed E-state index contributed by atoms with van der Waals surface area (Å²) >= 11 is 0. The number of carbonyl (C=O) groups excluding carboxylic acids is 1. The van der Waals surface area contributed by atoms with Gasteiger partial charge in [-0.1, -0.05) is 18.9 Å². The topological polar surface area (TPSA) is 57.2 Å². The number of hydrogen-bond acceptors (Lipinski definition) is 6. The Morgan fingerprint density at radius 2 is 1.74 bits per heavy atom. The molecule has 0 unspecified atom stereocenters. The van der Waals surface area contributed by atoms with E-state index >= 15 is 0 Å². The minimum absolute atomic E-state index is 0. The quantitative estimate of drug-likeness (QED) is 0.712. The number of ether oxygens (including phenoxy) is 4. The monoisotopic (exact) mass is 397 g/mol. The highest BCUT2D eigenvalue weighted by molar-refractivity contribution is 5.85. The van der Waals surface area contributed by atoms with E-state index in [0.717, 1.165) is 75.6 Å². The zero-order valence-electron chi connectivity index (χ0n) is 15.6. The zero-order chi connectivity index (χ0) is 17.8. The SMILES string of the molecule is Cl.O=C(OCCN1CCOCC1)C1(c2ccc3c(c2)OCCO3)CCCC1. The number of morpholine rings is 1. The number of fused-ring (bicyclic) bond motifs is 1. The van der Waals surface area contributed by atoms with Crippen LogP contribution in [0.15, 0.2) is 18.2 Å². The molecule has 1 saturated heterocycles. The van der Waals surface area contributed by atoms with Gasteiger partial charge in [-0.15, -0.1) is 12.4 Å². The summed E-state index contributed by atoms with van der Waals surface area (Å²) in [6.45, 7) is 5.66. The standard InChI is InChI=1S/C20H27NO5.ClH/c22-19(26-12-9-21-7-10-23-11-8-21)20(5-1-2-6-20)16-3-4-17-18(15-16)25-14-13-24-17;/h3-4,15H,1-2,5-14H2;1H. The number of rotatable bonds is 5. The maximum atomic E-state index is 13.0. The summed E-state index contributed by atoms with van der Waals surface area (Å²) in [6, 6.07) is 5.90. The van der Waals surface area contributed by atoms with Crippen LogP contribution in [0.2, 0.25) is 0 Å². The molecule has 4 rings (SSSR count). The van der Waals surface area contributed by atoms with E-state index in [2.05, 4.69) is 4.90 Å². The molecule has 0 amide bonds. The summed E-state index contributed by atoms with van der Waals surface area (Å²) in [5.41, 5.74) is 0.455. The van der Waals surface area contributed by atoms with Gasteiger partial charge in [0.1, 0.15) is 19.8 Å². The van der Waals surface area contributed by atoms with Gasteiger partial charge < -0.3 is 18.9 Å². The highest BCUT2D eigenvalue weighted by Crippen LogP contribution is 2.45. The summed E-state index contributed by atoms with van der Waals surface area (Å²) in [5, 5.41) is 0. The summed E-state index contributed by atoms with van der Waals surface area (Å²) in [5.74, 6) is 1.40. The molecule has 1 aromatic rings. The molecule has 3 aliphatic rings. The van der Waals surface area contributed by atoms with Gasteiger partial charge in [0.25, 0.3) is 0 Å². The van der Waals surface area contributed by atoms with Crippen LogP contribution in [0, 0.1) is 0 Å². The Balaban J connectivity index is 0.00000210. The largest absolute Gasteiger partial charge is 0.486 e. The molecule has 6 nitrogen and oxygen atoms in total. The lowest BCUT2D eigenvalue weighted by atomic mass is 9.78. The Kier molecular flexibility index (Phi) is 6.84. The highest BCUT2D eigenvalue weighted by atomic mass is 35.5. The van der Waals surface area contributed by atoms with Crippen molar-refractivity contribution >= 4 is 18.4 Å². The molecule has 2 heterocycles. The van der Waals surface area contributed by atoms with Crippen LogP contribution in [0.3, 0.4) is 0 Å². The molecular formula is C20H28ClNO5. The first-order valence-corrected chi connectivity index (χ1v) is 9.65. The predicted molar refractivity (Wildman–Crippen MR) is 103 cm³/mol. The molecule has 0 bridgehead atoms. The van der Waals surface area contributed by atoms with Crippen LogP contribution in [0.5, 0.6) is 11.5 Å². The second-order valence-electron chi connectivity index (χ2n) is 7.24. The molecule has 7 heteroatoms. The fourth-order valence-electron chi connectivity index (χ4n) is 4.16. The van der Waals surface area contributed by atoms with Gasteiger partial charge in [0.15, 0.2) is 11.5 Å². The Labute approximate surface area is 166 Å². The fourth-order valence-corrected chi connectivity index (χ4v) is 4.16. The fraction of sp³-hybridized carbons (Fsp3) is 0.650.